The summed E-state index contributed by atoms with van der Waals surface area (Å²) < 4.78 is 12.9. The second-order valence-electron chi connectivity index (χ2n) is 7.71. The minimum atomic E-state index is 0.480. The highest BCUT2D eigenvalue weighted by Gasteiger charge is 2.20. The molecule has 8 heteroatoms. The molecule has 0 saturated heterocycles. The van der Waals surface area contributed by atoms with Gasteiger partial charge in [-0.1, -0.05) is 12.1 Å². The van der Waals surface area contributed by atoms with E-state index in [1.165, 1.54) is 18.4 Å². The zero-order valence-electron chi connectivity index (χ0n) is 18.4. The van der Waals surface area contributed by atoms with Gasteiger partial charge >= 0.3 is 0 Å². The van der Waals surface area contributed by atoms with Crippen molar-refractivity contribution in [2.45, 2.75) is 39.2 Å². The molecule has 1 aromatic carbocycles. The van der Waals surface area contributed by atoms with E-state index < -0.39 is 0 Å². The number of ether oxygens (including phenoxy) is 2. The predicted octanol–water partition coefficient (Wildman–Crippen LogP) is 2.23. The van der Waals surface area contributed by atoms with Crippen LogP contribution >= 0.6 is 0 Å². The van der Waals surface area contributed by atoms with Crippen molar-refractivity contribution in [1.82, 2.24) is 25.4 Å². The third kappa shape index (κ3) is 7.33. The number of hydrogen-bond donors (Lipinski definition) is 2. The van der Waals surface area contributed by atoms with E-state index in [0.717, 1.165) is 68.4 Å². The maximum Gasteiger partial charge on any atom is 0.191 e. The largest absolute Gasteiger partial charge is 0.497 e. The smallest absolute Gasteiger partial charge is 0.191 e. The summed E-state index contributed by atoms with van der Waals surface area (Å²) in [5, 5.41) is 15.1. The first kappa shape index (κ1) is 22.1. The topological polar surface area (TPSA) is 85.6 Å². The Labute approximate surface area is 179 Å². The average molecular weight is 415 g/mol. The summed E-state index contributed by atoms with van der Waals surface area (Å²) in [4.78, 5) is 4.69. The Morgan fingerprint density at radius 3 is 2.60 bits per heavy atom. The van der Waals surface area contributed by atoms with Crippen LogP contribution in [0.25, 0.3) is 0 Å². The summed E-state index contributed by atoms with van der Waals surface area (Å²) in [6.45, 7) is 5.71. The molecular formula is C22H34N6O2. The highest BCUT2D eigenvalue weighted by Crippen LogP contribution is 2.28. The SMILES string of the molecule is COc1ccc(CCNC(=NCc2nnc(C)n2C)NCCCOCC2CC2)cc1. The van der Waals surface area contributed by atoms with Crippen LogP contribution in [0.1, 0.15) is 36.5 Å². The van der Waals surface area contributed by atoms with Gasteiger partial charge in [0.15, 0.2) is 11.8 Å². The van der Waals surface area contributed by atoms with Gasteiger partial charge in [-0.25, -0.2) is 4.99 Å². The number of aryl methyl sites for hydroxylation is 1. The van der Waals surface area contributed by atoms with Gasteiger partial charge in [-0.3, -0.25) is 0 Å². The average Bonchev–Trinajstić information content (AvgIpc) is 3.54. The molecule has 2 N–H and O–H groups in total. The molecule has 1 saturated carbocycles. The summed E-state index contributed by atoms with van der Waals surface area (Å²) >= 11 is 0. The van der Waals surface area contributed by atoms with Gasteiger partial charge in [-0.15, -0.1) is 10.2 Å². The molecule has 1 fully saturated rings. The molecule has 1 heterocycles. The summed E-state index contributed by atoms with van der Waals surface area (Å²) in [6.07, 6.45) is 4.51. The summed E-state index contributed by atoms with van der Waals surface area (Å²) in [7, 11) is 3.64. The molecule has 0 aliphatic heterocycles. The van der Waals surface area contributed by atoms with Crippen LogP contribution in [0.4, 0.5) is 0 Å². The quantitative estimate of drug-likeness (QED) is 0.315. The molecule has 0 radical (unpaired) electrons. The molecule has 3 rings (SSSR count). The molecule has 2 aromatic rings. The van der Waals surface area contributed by atoms with Crippen molar-refractivity contribution in [2.24, 2.45) is 18.0 Å². The van der Waals surface area contributed by atoms with Gasteiger partial charge < -0.3 is 24.7 Å². The van der Waals surface area contributed by atoms with Gasteiger partial charge in [-0.2, -0.15) is 0 Å². The Kier molecular flexibility index (Phi) is 8.50. The molecule has 0 spiro atoms. The van der Waals surface area contributed by atoms with Crippen LogP contribution in [-0.2, 0) is 24.8 Å². The van der Waals surface area contributed by atoms with Crippen LogP contribution in [0.3, 0.4) is 0 Å². The fourth-order valence-electron chi connectivity index (χ4n) is 2.95. The zero-order chi connectivity index (χ0) is 21.2. The van der Waals surface area contributed by atoms with Crippen molar-refractivity contribution in [1.29, 1.82) is 0 Å². The minimum Gasteiger partial charge on any atom is -0.497 e. The second kappa shape index (κ2) is 11.5. The van der Waals surface area contributed by atoms with Gasteiger partial charge in [0.2, 0.25) is 0 Å². The van der Waals surface area contributed by atoms with Crippen LogP contribution in [0.15, 0.2) is 29.3 Å². The van der Waals surface area contributed by atoms with Gasteiger partial charge in [0, 0.05) is 33.4 Å². The Morgan fingerprint density at radius 2 is 1.93 bits per heavy atom. The lowest BCUT2D eigenvalue weighted by molar-refractivity contribution is 0.123. The molecule has 0 bridgehead atoms. The second-order valence-corrected chi connectivity index (χ2v) is 7.71. The lowest BCUT2D eigenvalue weighted by Crippen LogP contribution is -2.39. The Hall–Kier alpha value is -2.61. The van der Waals surface area contributed by atoms with Crippen molar-refractivity contribution < 1.29 is 9.47 Å². The predicted molar refractivity (Wildman–Crippen MR) is 118 cm³/mol. The van der Waals surface area contributed by atoms with Crippen LogP contribution in [0.5, 0.6) is 5.75 Å². The van der Waals surface area contributed by atoms with E-state index in [4.69, 9.17) is 14.5 Å². The lowest BCUT2D eigenvalue weighted by atomic mass is 10.1. The number of hydrogen-bond acceptors (Lipinski definition) is 5. The number of methoxy groups -OCH3 is 1. The summed E-state index contributed by atoms with van der Waals surface area (Å²) in [5.41, 5.74) is 1.25. The summed E-state index contributed by atoms with van der Waals surface area (Å²) in [5.74, 6) is 4.20. The normalized spacial score (nSPS) is 14.0. The fraction of sp³-hybridized carbons (Fsp3) is 0.591. The maximum atomic E-state index is 5.71. The number of nitrogens with one attached hydrogen (secondary N) is 2. The highest BCUT2D eigenvalue weighted by molar-refractivity contribution is 5.79. The van der Waals surface area contributed by atoms with Crippen molar-refractivity contribution >= 4 is 5.96 Å². The van der Waals surface area contributed by atoms with Gasteiger partial charge in [0.05, 0.1) is 7.11 Å². The standard InChI is InChI=1S/C22H34N6O2/c1-17-26-27-21(28(17)2)15-25-22(23-12-4-14-30-16-19-5-6-19)24-13-11-18-7-9-20(29-3)10-8-18/h7-10,19H,4-6,11-16H2,1-3H3,(H2,23,24,25). The zero-order valence-corrected chi connectivity index (χ0v) is 18.4. The van der Waals surface area contributed by atoms with E-state index >= 15 is 0 Å². The van der Waals surface area contributed by atoms with E-state index in [0.29, 0.717) is 6.54 Å². The molecule has 1 aromatic heterocycles. The van der Waals surface area contributed by atoms with E-state index in [2.05, 4.69) is 33.0 Å². The van der Waals surface area contributed by atoms with Crippen molar-refractivity contribution in [3.63, 3.8) is 0 Å². The maximum absolute atomic E-state index is 5.71. The van der Waals surface area contributed by atoms with E-state index in [1.54, 1.807) is 7.11 Å². The van der Waals surface area contributed by atoms with Crippen LogP contribution in [0, 0.1) is 12.8 Å². The first-order valence-electron chi connectivity index (χ1n) is 10.7. The number of benzene rings is 1. The Morgan fingerprint density at radius 1 is 1.17 bits per heavy atom. The third-order valence-corrected chi connectivity index (χ3v) is 5.23. The number of rotatable bonds is 12. The number of aromatic nitrogens is 3. The van der Waals surface area contributed by atoms with Crippen LogP contribution < -0.4 is 15.4 Å². The molecule has 1 aliphatic rings. The van der Waals surface area contributed by atoms with Crippen LogP contribution in [0.2, 0.25) is 0 Å². The summed E-state index contributed by atoms with van der Waals surface area (Å²) in [6, 6.07) is 8.15. The molecular weight excluding hydrogens is 380 g/mol. The molecule has 1 aliphatic carbocycles. The van der Waals surface area contributed by atoms with Crippen LogP contribution in [-0.4, -0.2) is 54.1 Å². The number of aliphatic imine (C=N–C) groups is 1. The highest BCUT2D eigenvalue weighted by atomic mass is 16.5. The number of nitrogens with zero attached hydrogens (tertiary/aromatic N) is 4. The first-order chi connectivity index (χ1) is 14.7. The molecule has 8 nitrogen and oxygen atoms in total. The molecule has 164 valence electrons. The molecule has 30 heavy (non-hydrogen) atoms. The van der Waals surface area contributed by atoms with Gasteiger partial charge in [0.25, 0.3) is 0 Å². The fourth-order valence-corrected chi connectivity index (χ4v) is 2.95. The Balaban J connectivity index is 1.46. The lowest BCUT2D eigenvalue weighted by Gasteiger charge is -2.13. The van der Waals surface area contributed by atoms with Crippen molar-refractivity contribution in [3.05, 3.63) is 41.5 Å². The number of guanidine groups is 1. The monoisotopic (exact) mass is 414 g/mol. The van der Waals surface area contributed by atoms with E-state index in [1.807, 2.05) is 30.7 Å². The van der Waals surface area contributed by atoms with Gasteiger partial charge in [-0.05, 0) is 56.2 Å². The molecule has 0 unspecified atom stereocenters. The molecule has 0 atom stereocenters. The minimum absolute atomic E-state index is 0.480. The van der Waals surface area contributed by atoms with Crippen molar-refractivity contribution in [3.8, 4) is 5.75 Å². The third-order valence-electron chi connectivity index (χ3n) is 5.23. The van der Waals surface area contributed by atoms with Gasteiger partial charge in [0.1, 0.15) is 18.1 Å². The first-order valence-corrected chi connectivity index (χ1v) is 10.7. The van der Waals surface area contributed by atoms with Crippen molar-refractivity contribution in [2.75, 3.05) is 33.4 Å². The van der Waals surface area contributed by atoms with E-state index in [9.17, 15) is 0 Å². The van der Waals surface area contributed by atoms with E-state index in [-0.39, 0.29) is 0 Å². The molecule has 0 amide bonds. The Bertz CT molecular complexity index is 798.